The van der Waals surface area contributed by atoms with Crippen LogP contribution in [0.1, 0.15) is 36.8 Å². The van der Waals surface area contributed by atoms with E-state index in [2.05, 4.69) is 20.2 Å². The van der Waals surface area contributed by atoms with Crippen molar-refractivity contribution in [1.82, 2.24) is 14.9 Å². The first-order valence-electron chi connectivity index (χ1n) is 9.06. The van der Waals surface area contributed by atoms with Gasteiger partial charge in [0.05, 0.1) is 11.1 Å². The number of anilines is 1. The van der Waals surface area contributed by atoms with Gasteiger partial charge in [-0.1, -0.05) is 11.6 Å². The largest absolute Gasteiger partial charge is 0.329 e. The summed E-state index contributed by atoms with van der Waals surface area (Å²) < 4.78 is 0. The van der Waals surface area contributed by atoms with Gasteiger partial charge in [-0.15, -0.1) is 0 Å². The van der Waals surface area contributed by atoms with E-state index < -0.39 is 0 Å². The van der Waals surface area contributed by atoms with Crippen LogP contribution < -0.4 is 16.6 Å². The fraction of sp³-hybridized carbons (Fsp3) is 0.421. The fourth-order valence-corrected chi connectivity index (χ4v) is 3.53. The molecule has 2 atom stereocenters. The number of nitrogens with one attached hydrogen (secondary N) is 2. The van der Waals surface area contributed by atoms with Crippen LogP contribution in [0.2, 0.25) is 5.02 Å². The van der Waals surface area contributed by atoms with Crippen molar-refractivity contribution in [3.05, 3.63) is 57.1 Å². The Labute approximate surface area is 162 Å². The second-order valence-corrected chi connectivity index (χ2v) is 7.29. The molecule has 1 fully saturated rings. The number of halogens is 1. The second kappa shape index (κ2) is 8.65. The van der Waals surface area contributed by atoms with Crippen molar-refractivity contribution in [2.75, 3.05) is 18.4 Å². The highest BCUT2D eigenvalue weighted by atomic mass is 35.5. The van der Waals surface area contributed by atoms with Gasteiger partial charge in [-0.05, 0) is 56.0 Å². The lowest BCUT2D eigenvalue weighted by molar-refractivity contribution is -0.121. The number of rotatable bonds is 5. The summed E-state index contributed by atoms with van der Waals surface area (Å²) in [5.41, 5.74) is 7.16. The van der Waals surface area contributed by atoms with Crippen LogP contribution in [0.25, 0.3) is 0 Å². The number of carbonyl (C=O) groups is 1. The zero-order chi connectivity index (χ0) is 19.4. The van der Waals surface area contributed by atoms with Gasteiger partial charge in [0, 0.05) is 31.0 Å². The van der Waals surface area contributed by atoms with E-state index >= 15 is 0 Å². The third-order valence-corrected chi connectivity index (χ3v) is 5.28. The van der Waals surface area contributed by atoms with Gasteiger partial charge in [-0.3, -0.25) is 14.5 Å². The van der Waals surface area contributed by atoms with Gasteiger partial charge in [0.1, 0.15) is 5.82 Å². The molecular formula is C19H24ClN5O2. The number of pyridine rings is 2. The van der Waals surface area contributed by atoms with E-state index in [1.54, 1.807) is 18.3 Å². The number of H-pyrrole nitrogens is 1. The minimum atomic E-state index is -0.290. The first-order chi connectivity index (χ1) is 13.0. The van der Waals surface area contributed by atoms with Crippen molar-refractivity contribution >= 4 is 23.3 Å². The van der Waals surface area contributed by atoms with Crippen LogP contribution in [0.3, 0.4) is 0 Å². The Kier molecular flexibility index (Phi) is 6.26. The third kappa shape index (κ3) is 4.74. The van der Waals surface area contributed by atoms with Crippen LogP contribution in [0.5, 0.6) is 0 Å². The molecule has 1 amide bonds. The van der Waals surface area contributed by atoms with Crippen LogP contribution in [-0.2, 0) is 11.3 Å². The number of carbonyl (C=O) groups excluding carboxylic acids is 1. The summed E-state index contributed by atoms with van der Waals surface area (Å²) in [6, 6.07) is 4.97. The lowest BCUT2D eigenvalue weighted by Crippen LogP contribution is -2.46. The summed E-state index contributed by atoms with van der Waals surface area (Å²) in [7, 11) is 0. The lowest BCUT2D eigenvalue weighted by atomic mass is 9.90. The highest BCUT2D eigenvalue weighted by molar-refractivity contribution is 6.30. The molecule has 1 saturated heterocycles. The predicted molar refractivity (Wildman–Crippen MR) is 106 cm³/mol. The zero-order valence-electron chi connectivity index (χ0n) is 15.2. The van der Waals surface area contributed by atoms with Gasteiger partial charge < -0.3 is 16.0 Å². The normalized spacial score (nSPS) is 18.9. The van der Waals surface area contributed by atoms with Crippen LogP contribution in [0.15, 0.2) is 35.4 Å². The second-order valence-electron chi connectivity index (χ2n) is 6.85. The first-order valence-corrected chi connectivity index (χ1v) is 9.43. The Morgan fingerprint density at radius 3 is 3.04 bits per heavy atom. The van der Waals surface area contributed by atoms with Crippen LogP contribution in [-0.4, -0.2) is 39.9 Å². The average molecular weight is 390 g/mol. The molecule has 1 aliphatic heterocycles. The third-order valence-electron chi connectivity index (χ3n) is 5.05. The maximum absolute atomic E-state index is 12.6. The number of aromatic nitrogens is 2. The molecule has 1 aliphatic rings. The lowest BCUT2D eigenvalue weighted by Gasteiger charge is -2.36. The summed E-state index contributed by atoms with van der Waals surface area (Å²) in [6.45, 7) is 3.71. The molecule has 0 spiro atoms. The molecule has 0 aliphatic carbocycles. The number of hydrogen-bond donors (Lipinski definition) is 3. The van der Waals surface area contributed by atoms with Crippen LogP contribution >= 0.6 is 11.6 Å². The van der Waals surface area contributed by atoms with Crippen molar-refractivity contribution in [2.24, 2.45) is 5.73 Å². The Morgan fingerprint density at radius 2 is 2.33 bits per heavy atom. The maximum atomic E-state index is 12.6. The Hall–Kier alpha value is -2.22. The van der Waals surface area contributed by atoms with E-state index in [9.17, 15) is 9.59 Å². The molecule has 0 aromatic carbocycles. The molecule has 0 radical (unpaired) electrons. The fourth-order valence-electron chi connectivity index (χ4n) is 3.41. The van der Waals surface area contributed by atoms with Gasteiger partial charge >= 0.3 is 0 Å². The SMILES string of the molecule is C[C@@H](C(=O)Nc1ccc(Cl)cn1)N1CCC[C@@H](c2c[nH]c(=O)c(CN)c2)C1. The molecule has 144 valence electrons. The number of hydrogen-bond acceptors (Lipinski definition) is 5. The number of piperidine rings is 1. The average Bonchev–Trinajstić information content (AvgIpc) is 2.69. The summed E-state index contributed by atoms with van der Waals surface area (Å²) in [5.74, 6) is 0.637. The number of likely N-dealkylation sites (tertiary alicyclic amines) is 1. The van der Waals surface area contributed by atoms with E-state index in [1.807, 2.05) is 13.0 Å². The molecule has 7 nitrogen and oxygen atoms in total. The quantitative estimate of drug-likeness (QED) is 0.726. The van der Waals surface area contributed by atoms with Crippen molar-refractivity contribution in [3.63, 3.8) is 0 Å². The molecule has 0 unspecified atom stereocenters. The number of aromatic amines is 1. The van der Waals surface area contributed by atoms with E-state index in [0.29, 0.717) is 16.4 Å². The van der Waals surface area contributed by atoms with E-state index in [-0.39, 0.29) is 30.0 Å². The first kappa shape index (κ1) is 19.5. The van der Waals surface area contributed by atoms with E-state index in [1.165, 1.54) is 6.20 Å². The summed E-state index contributed by atoms with van der Waals surface area (Å²) in [5, 5.41) is 3.36. The maximum Gasteiger partial charge on any atom is 0.252 e. The Bertz CT molecular complexity index is 852. The number of nitrogens with two attached hydrogens (primary N) is 1. The Balaban J connectivity index is 1.67. The topological polar surface area (TPSA) is 104 Å². The number of amides is 1. The van der Waals surface area contributed by atoms with Gasteiger partial charge in [0.2, 0.25) is 5.91 Å². The molecule has 0 saturated carbocycles. The van der Waals surface area contributed by atoms with E-state index in [4.69, 9.17) is 17.3 Å². The summed E-state index contributed by atoms with van der Waals surface area (Å²) in [4.78, 5) is 33.4. The highest BCUT2D eigenvalue weighted by Gasteiger charge is 2.28. The molecule has 3 heterocycles. The van der Waals surface area contributed by atoms with Crippen molar-refractivity contribution in [1.29, 1.82) is 0 Å². The summed E-state index contributed by atoms with van der Waals surface area (Å²) in [6.07, 6.45) is 5.26. The summed E-state index contributed by atoms with van der Waals surface area (Å²) >= 11 is 5.82. The monoisotopic (exact) mass is 389 g/mol. The van der Waals surface area contributed by atoms with E-state index in [0.717, 1.165) is 31.5 Å². The molecular weight excluding hydrogens is 366 g/mol. The van der Waals surface area contributed by atoms with Gasteiger partial charge in [0.25, 0.3) is 5.56 Å². The minimum Gasteiger partial charge on any atom is -0.329 e. The van der Waals surface area contributed by atoms with Gasteiger partial charge in [-0.2, -0.15) is 0 Å². The number of nitrogens with zero attached hydrogens (tertiary/aromatic N) is 2. The van der Waals surface area contributed by atoms with Crippen molar-refractivity contribution < 1.29 is 4.79 Å². The van der Waals surface area contributed by atoms with Gasteiger partial charge in [0.15, 0.2) is 0 Å². The van der Waals surface area contributed by atoms with Crippen LogP contribution in [0.4, 0.5) is 5.82 Å². The molecule has 27 heavy (non-hydrogen) atoms. The minimum absolute atomic E-state index is 0.102. The molecule has 3 rings (SSSR count). The molecule has 4 N–H and O–H groups in total. The van der Waals surface area contributed by atoms with Crippen molar-refractivity contribution in [3.8, 4) is 0 Å². The molecule has 8 heteroatoms. The Morgan fingerprint density at radius 1 is 1.52 bits per heavy atom. The standard InChI is InChI=1S/C19H24ClN5O2/c1-12(18(26)24-17-5-4-16(20)10-22-17)25-6-2-3-13(11-25)15-7-14(8-21)19(27)23-9-15/h4-5,7,9-10,12-13H,2-3,6,8,11,21H2,1H3,(H,23,27)(H,22,24,26)/t12-,13+/m0/s1. The molecule has 2 aromatic rings. The zero-order valence-corrected chi connectivity index (χ0v) is 16.0. The molecule has 2 aromatic heterocycles. The molecule has 0 bridgehead atoms. The van der Waals surface area contributed by atoms with Crippen LogP contribution in [0, 0.1) is 0 Å². The van der Waals surface area contributed by atoms with Crippen molar-refractivity contribution in [2.45, 2.75) is 38.3 Å². The highest BCUT2D eigenvalue weighted by Crippen LogP contribution is 2.27. The smallest absolute Gasteiger partial charge is 0.252 e. The predicted octanol–water partition coefficient (Wildman–Crippen LogP) is 2.09. The van der Waals surface area contributed by atoms with Gasteiger partial charge in [-0.25, -0.2) is 4.98 Å².